The Morgan fingerprint density at radius 3 is 1.96 bits per heavy atom. The highest BCUT2D eigenvalue weighted by atomic mass is 32.2. The van der Waals surface area contributed by atoms with Gasteiger partial charge in [0.1, 0.15) is 16.3 Å². The molecule has 5 nitrogen and oxygen atoms in total. The van der Waals surface area contributed by atoms with Crippen LogP contribution in [0.4, 0.5) is 5.69 Å². The zero-order valence-corrected chi connectivity index (χ0v) is 15.9. The quantitative estimate of drug-likeness (QED) is 0.368. The van der Waals surface area contributed by atoms with Crippen molar-refractivity contribution in [2.24, 2.45) is 0 Å². The zero-order valence-electron chi connectivity index (χ0n) is 15.1. The van der Waals surface area contributed by atoms with Crippen LogP contribution in [-0.4, -0.2) is 19.4 Å². The summed E-state index contributed by atoms with van der Waals surface area (Å²) in [5.74, 6) is 0.512. The van der Waals surface area contributed by atoms with Gasteiger partial charge >= 0.3 is 10.0 Å². The predicted molar refractivity (Wildman–Crippen MR) is 106 cm³/mol. The van der Waals surface area contributed by atoms with Gasteiger partial charge in [-0.05, 0) is 61.4 Å². The maximum atomic E-state index is 12.8. The molecule has 0 saturated carbocycles. The first-order chi connectivity index (χ1) is 12.9. The standard InChI is InChI=1S/C21H20N2O3S/c1-15-13-18(24)14-16(2)20(15)22-21(17-9-5-3-6-10-17)23-27(25,26)19-11-7-4-8-12-19/h3-14,24H,1-2H3,(H,22,23)/p+1. The van der Waals surface area contributed by atoms with Crippen LogP contribution in [-0.2, 0) is 10.0 Å². The number of phenolic OH excluding ortho intramolecular Hbond substituents is 1. The van der Waals surface area contributed by atoms with Gasteiger partial charge in [-0.1, -0.05) is 36.4 Å². The molecule has 138 valence electrons. The topological polar surface area (TPSA) is 80.4 Å². The number of aryl methyl sites for hydroxylation is 2. The summed E-state index contributed by atoms with van der Waals surface area (Å²) in [6.45, 7) is 3.70. The van der Waals surface area contributed by atoms with Gasteiger partial charge in [0.2, 0.25) is 0 Å². The van der Waals surface area contributed by atoms with Gasteiger partial charge in [-0.2, -0.15) is 12.8 Å². The second-order valence-electron chi connectivity index (χ2n) is 6.24. The molecule has 0 saturated heterocycles. The van der Waals surface area contributed by atoms with Crippen molar-refractivity contribution in [3.05, 3.63) is 89.5 Å². The number of nitrogens with one attached hydrogen (secondary N) is 2. The molecular formula is C21H21N2O3S+. The molecule has 0 aliphatic carbocycles. The number of benzene rings is 3. The molecule has 0 unspecified atom stereocenters. The van der Waals surface area contributed by atoms with Crippen LogP contribution in [0.5, 0.6) is 5.75 Å². The summed E-state index contributed by atoms with van der Waals surface area (Å²) >= 11 is 0. The largest absolute Gasteiger partial charge is 0.508 e. The number of amidine groups is 1. The number of sulfonamides is 1. The van der Waals surface area contributed by atoms with Crippen LogP contribution in [0.3, 0.4) is 0 Å². The van der Waals surface area contributed by atoms with E-state index in [0.717, 1.165) is 16.8 Å². The smallest absolute Gasteiger partial charge is 0.328 e. The fourth-order valence-corrected chi connectivity index (χ4v) is 3.89. The summed E-state index contributed by atoms with van der Waals surface area (Å²) in [5, 5.41) is 13.0. The highest BCUT2D eigenvalue weighted by Crippen LogP contribution is 2.25. The Morgan fingerprint density at radius 2 is 1.41 bits per heavy atom. The first-order valence-corrected chi connectivity index (χ1v) is 9.92. The molecule has 27 heavy (non-hydrogen) atoms. The molecule has 0 aromatic heterocycles. The molecule has 0 aliphatic rings. The summed E-state index contributed by atoms with van der Waals surface area (Å²) in [4.78, 5) is 0.180. The van der Waals surface area contributed by atoms with Crippen molar-refractivity contribution in [2.75, 3.05) is 5.32 Å². The Kier molecular flexibility index (Phi) is 5.28. The van der Waals surface area contributed by atoms with Gasteiger partial charge in [0.25, 0.3) is 5.84 Å². The molecule has 0 heterocycles. The molecule has 0 amide bonds. The third-order valence-electron chi connectivity index (χ3n) is 4.12. The van der Waals surface area contributed by atoms with Gasteiger partial charge in [0.05, 0.1) is 5.56 Å². The molecule has 3 rings (SSSR count). The number of hydrogen-bond acceptors (Lipinski definition) is 3. The Morgan fingerprint density at radius 1 is 0.889 bits per heavy atom. The van der Waals surface area contributed by atoms with Gasteiger partial charge in [-0.25, -0.2) is 5.32 Å². The molecule has 6 heteroatoms. The first kappa shape index (κ1) is 18.7. The average molecular weight is 381 g/mol. The van der Waals surface area contributed by atoms with Crippen molar-refractivity contribution < 1.29 is 17.9 Å². The SMILES string of the molecule is Cc1cc(O)cc(C)c1NC(=[NH+]S(=O)(=O)c1ccccc1)c1ccccc1. The van der Waals surface area contributed by atoms with E-state index >= 15 is 0 Å². The molecule has 0 aliphatic heterocycles. The summed E-state index contributed by atoms with van der Waals surface area (Å²) < 4.78 is 28.3. The van der Waals surface area contributed by atoms with Crippen LogP contribution >= 0.6 is 0 Å². The zero-order chi connectivity index (χ0) is 19.4. The van der Waals surface area contributed by atoms with Gasteiger partial charge in [0.15, 0.2) is 0 Å². The van der Waals surface area contributed by atoms with E-state index in [1.165, 1.54) is 0 Å². The maximum Gasteiger partial charge on any atom is 0.328 e. The molecule has 0 spiro atoms. The molecule has 3 N–H and O–H groups in total. The van der Waals surface area contributed by atoms with Gasteiger partial charge in [-0.15, -0.1) is 0 Å². The van der Waals surface area contributed by atoms with Crippen molar-refractivity contribution in [1.82, 2.24) is 0 Å². The normalized spacial score (nSPS) is 12.0. The number of phenols is 1. The fraction of sp³-hybridized carbons (Fsp3) is 0.0952. The minimum atomic E-state index is -3.76. The lowest BCUT2D eigenvalue weighted by Gasteiger charge is -2.10. The third-order valence-corrected chi connectivity index (χ3v) is 5.49. The third kappa shape index (κ3) is 4.35. The summed E-state index contributed by atoms with van der Waals surface area (Å²) in [7, 11) is -3.76. The van der Waals surface area contributed by atoms with E-state index in [1.807, 2.05) is 44.2 Å². The molecule has 3 aromatic carbocycles. The predicted octanol–water partition coefficient (Wildman–Crippen LogP) is 2.34. The Hall–Kier alpha value is -3.12. The molecule has 0 atom stereocenters. The first-order valence-electron chi connectivity index (χ1n) is 8.44. The van der Waals surface area contributed by atoms with Crippen LogP contribution in [0.15, 0.2) is 77.7 Å². The Labute approximate surface area is 159 Å². The lowest BCUT2D eigenvalue weighted by molar-refractivity contribution is -0.266. The molecule has 0 fully saturated rings. The summed E-state index contributed by atoms with van der Waals surface area (Å²) in [5.41, 5.74) is 3.05. The van der Waals surface area contributed by atoms with Crippen molar-refractivity contribution >= 4 is 21.5 Å². The number of rotatable bonds is 4. The van der Waals surface area contributed by atoms with E-state index in [4.69, 9.17) is 0 Å². The van der Waals surface area contributed by atoms with Crippen LogP contribution in [0.25, 0.3) is 0 Å². The van der Waals surface area contributed by atoms with E-state index in [-0.39, 0.29) is 10.6 Å². The van der Waals surface area contributed by atoms with Crippen molar-refractivity contribution in [1.29, 1.82) is 0 Å². The monoisotopic (exact) mass is 381 g/mol. The van der Waals surface area contributed by atoms with Crippen molar-refractivity contribution in [2.45, 2.75) is 18.7 Å². The van der Waals surface area contributed by atoms with Crippen LogP contribution < -0.4 is 9.71 Å². The molecule has 0 radical (unpaired) electrons. The fourth-order valence-electron chi connectivity index (χ4n) is 2.82. The van der Waals surface area contributed by atoms with Crippen LogP contribution in [0, 0.1) is 13.8 Å². The number of aromatic hydroxyl groups is 1. The van der Waals surface area contributed by atoms with Crippen LogP contribution in [0.1, 0.15) is 16.7 Å². The molecule has 0 bridgehead atoms. The van der Waals surface area contributed by atoms with Gasteiger partial charge in [0, 0.05) is 0 Å². The van der Waals surface area contributed by atoms with E-state index in [9.17, 15) is 13.5 Å². The van der Waals surface area contributed by atoms with Gasteiger partial charge < -0.3 is 5.11 Å². The van der Waals surface area contributed by atoms with E-state index in [2.05, 4.69) is 9.71 Å². The van der Waals surface area contributed by atoms with E-state index in [1.54, 1.807) is 42.5 Å². The van der Waals surface area contributed by atoms with E-state index in [0.29, 0.717) is 11.4 Å². The van der Waals surface area contributed by atoms with Crippen molar-refractivity contribution in [3.8, 4) is 5.75 Å². The van der Waals surface area contributed by atoms with Crippen molar-refractivity contribution in [3.63, 3.8) is 0 Å². The second kappa shape index (κ2) is 7.63. The lowest BCUT2D eigenvalue weighted by Crippen LogP contribution is -2.78. The Balaban J connectivity index is 2.11. The second-order valence-corrected chi connectivity index (χ2v) is 7.92. The number of hydrogen-bond donors (Lipinski definition) is 3. The highest BCUT2D eigenvalue weighted by molar-refractivity contribution is 7.84. The molecular weight excluding hydrogens is 360 g/mol. The Bertz CT molecular complexity index is 1050. The van der Waals surface area contributed by atoms with Gasteiger partial charge in [-0.3, -0.25) is 0 Å². The van der Waals surface area contributed by atoms with Crippen LogP contribution in [0.2, 0.25) is 0 Å². The minimum Gasteiger partial charge on any atom is -0.508 e. The summed E-state index contributed by atoms with van der Waals surface area (Å²) in [6.07, 6.45) is 0. The maximum absolute atomic E-state index is 12.8. The molecule has 3 aromatic rings. The average Bonchev–Trinajstić information content (AvgIpc) is 2.65. The van der Waals surface area contributed by atoms with E-state index < -0.39 is 10.0 Å². The highest BCUT2D eigenvalue weighted by Gasteiger charge is 2.21. The minimum absolute atomic E-state index is 0.168. The lowest BCUT2D eigenvalue weighted by atomic mass is 10.1. The summed E-state index contributed by atoms with van der Waals surface area (Å²) in [6, 6.07) is 20.6. The number of anilines is 1.